The van der Waals surface area contributed by atoms with Crippen molar-refractivity contribution in [3.63, 3.8) is 0 Å². The lowest BCUT2D eigenvalue weighted by Gasteiger charge is -2.16. The zero-order chi connectivity index (χ0) is 14.3. The average Bonchev–Trinajstić information content (AvgIpc) is 2.42. The van der Waals surface area contributed by atoms with Crippen LogP contribution in [-0.4, -0.2) is 29.5 Å². The first-order valence-corrected chi connectivity index (χ1v) is 6.38. The summed E-state index contributed by atoms with van der Waals surface area (Å²) in [7, 11) is 0. The quantitative estimate of drug-likeness (QED) is 0.470. The normalized spacial score (nSPS) is 12.9. The fraction of sp³-hybridized carbons (Fsp3) is 0.429. The Balaban J connectivity index is 2.92. The second-order valence-electron chi connectivity index (χ2n) is 4.05. The maximum atomic E-state index is 11.7. The van der Waals surface area contributed by atoms with E-state index in [1.807, 2.05) is 26.0 Å². The third kappa shape index (κ3) is 3.98. The third-order valence-corrected chi connectivity index (χ3v) is 2.68. The van der Waals surface area contributed by atoms with Crippen molar-refractivity contribution in [2.24, 2.45) is 5.16 Å². The molecule has 1 atom stereocenters. The van der Waals surface area contributed by atoms with Crippen LogP contribution in [0.25, 0.3) is 0 Å². The number of hydrogen-bond donors (Lipinski definition) is 2. The van der Waals surface area contributed by atoms with Crippen LogP contribution < -0.4 is 10.1 Å². The van der Waals surface area contributed by atoms with Crippen molar-refractivity contribution in [1.29, 1.82) is 0 Å². The van der Waals surface area contributed by atoms with Crippen molar-refractivity contribution in [1.82, 2.24) is 5.32 Å². The lowest BCUT2D eigenvalue weighted by atomic mass is 10.1. The number of ether oxygens (including phenoxy) is 1. The first-order chi connectivity index (χ1) is 9.13. The first-order valence-electron chi connectivity index (χ1n) is 6.38. The van der Waals surface area contributed by atoms with E-state index in [4.69, 9.17) is 9.94 Å². The highest BCUT2D eigenvalue weighted by molar-refractivity contribution is 6.02. The molecule has 0 spiro atoms. The Kier molecular flexibility index (Phi) is 5.85. The molecule has 104 valence electrons. The number of nitrogens with one attached hydrogen (secondary N) is 1. The summed E-state index contributed by atoms with van der Waals surface area (Å²) in [4.78, 5) is 11.7. The van der Waals surface area contributed by atoms with E-state index in [0.717, 1.165) is 0 Å². The van der Waals surface area contributed by atoms with Gasteiger partial charge in [0, 0.05) is 12.1 Å². The molecule has 0 aliphatic rings. The molecule has 5 heteroatoms. The summed E-state index contributed by atoms with van der Waals surface area (Å²) in [6.07, 6.45) is -0.0234. The molecular formula is C14H20N2O3. The van der Waals surface area contributed by atoms with Gasteiger partial charge in [-0.3, -0.25) is 4.79 Å². The molecule has 0 saturated carbocycles. The van der Waals surface area contributed by atoms with Gasteiger partial charge in [-0.25, -0.2) is 0 Å². The van der Waals surface area contributed by atoms with Gasteiger partial charge in [0.25, 0.3) is 5.91 Å². The van der Waals surface area contributed by atoms with Crippen LogP contribution in [0, 0.1) is 0 Å². The lowest BCUT2D eigenvalue weighted by molar-refractivity contribution is -0.127. The summed E-state index contributed by atoms with van der Waals surface area (Å²) >= 11 is 0. The van der Waals surface area contributed by atoms with E-state index in [1.54, 1.807) is 19.1 Å². The predicted octanol–water partition coefficient (Wildman–Crippen LogP) is 2.18. The van der Waals surface area contributed by atoms with Crippen LogP contribution in [0.1, 0.15) is 32.8 Å². The second-order valence-corrected chi connectivity index (χ2v) is 4.05. The summed E-state index contributed by atoms with van der Waals surface area (Å²) in [5.74, 6) is 0.368. The van der Waals surface area contributed by atoms with Gasteiger partial charge in [0.15, 0.2) is 6.10 Å². The number of amides is 1. The van der Waals surface area contributed by atoms with Crippen LogP contribution in [0.2, 0.25) is 0 Å². The minimum Gasteiger partial charge on any atom is -0.480 e. The van der Waals surface area contributed by atoms with E-state index in [-0.39, 0.29) is 5.91 Å². The lowest BCUT2D eigenvalue weighted by Crippen LogP contribution is -2.36. The van der Waals surface area contributed by atoms with E-state index in [9.17, 15) is 4.79 Å². The van der Waals surface area contributed by atoms with Crippen molar-refractivity contribution in [3.05, 3.63) is 29.8 Å². The Morgan fingerprint density at radius 2 is 2.11 bits per heavy atom. The molecule has 19 heavy (non-hydrogen) atoms. The minimum absolute atomic E-state index is 0.170. The van der Waals surface area contributed by atoms with Gasteiger partial charge >= 0.3 is 0 Å². The van der Waals surface area contributed by atoms with Crippen LogP contribution in [0.4, 0.5) is 0 Å². The zero-order valence-electron chi connectivity index (χ0n) is 11.5. The molecule has 5 nitrogen and oxygen atoms in total. The van der Waals surface area contributed by atoms with Crippen LogP contribution in [0.5, 0.6) is 5.75 Å². The molecule has 0 aliphatic carbocycles. The Morgan fingerprint density at radius 1 is 1.42 bits per heavy atom. The molecule has 0 saturated heterocycles. The van der Waals surface area contributed by atoms with Crippen molar-refractivity contribution >= 4 is 11.6 Å². The molecule has 2 N–H and O–H groups in total. The number of nitrogens with zero attached hydrogens (tertiary/aromatic N) is 1. The SMILES string of the molecule is CCNC(=O)C(C)Oc1ccccc1/C(CC)=N/O. The Bertz CT molecular complexity index is 458. The van der Waals surface area contributed by atoms with Gasteiger partial charge in [-0.15, -0.1) is 0 Å². The van der Waals surface area contributed by atoms with E-state index >= 15 is 0 Å². The van der Waals surface area contributed by atoms with E-state index < -0.39 is 6.10 Å². The maximum absolute atomic E-state index is 11.7. The van der Waals surface area contributed by atoms with Gasteiger partial charge in [0.1, 0.15) is 5.75 Å². The number of carbonyl (C=O) groups is 1. The summed E-state index contributed by atoms with van der Waals surface area (Å²) < 4.78 is 5.64. The van der Waals surface area contributed by atoms with Gasteiger partial charge < -0.3 is 15.3 Å². The predicted molar refractivity (Wildman–Crippen MR) is 73.8 cm³/mol. The molecule has 0 radical (unpaired) electrons. The summed E-state index contributed by atoms with van der Waals surface area (Å²) in [6.45, 7) is 5.99. The van der Waals surface area contributed by atoms with Gasteiger partial charge in [0.2, 0.25) is 0 Å². The smallest absolute Gasteiger partial charge is 0.260 e. The molecule has 1 unspecified atom stereocenters. The standard InChI is InChI=1S/C14H20N2O3/c1-4-12(16-18)11-8-6-7-9-13(11)19-10(3)14(17)15-5-2/h6-10,18H,4-5H2,1-3H3,(H,15,17)/b16-12+. The fourth-order valence-corrected chi connectivity index (χ4v) is 1.68. The van der Waals surface area contributed by atoms with Crippen LogP contribution >= 0.6 is 0 Å². The van der Waals surface area contributed by atoms with Crippen molar-refractivity contribution in [2.45, 2.75) is 33.3 Å². The summed E-state index contributed by atoms with van der Waals surface area (Å²) in [6, 6.07) is 7.21. The molecule has 0 bridgehead atoms. The van der Waals surface area contributed by atoms with Crippen molar-refractivity contribution in [3.8, 4) is 5.75 Å². The summed E-state index contributed by atoms with van der Waals surface area (Å²) in [5.41, 5.74) is 1.22. The van der Waals surface area contributed by atoms with Gasteiger partial charge in [-0.1, -0.05) is 24.2 Å². The summed E-state index contributed by atoms with van der Waals surface area (Å²) in [5, 5.41) is 14.9. The van der Waals surface area contributed by atoms with Gasteiger partial charge in [-0.05, 0) is 32.4 Å². The minimum atomic E-state index is -0.599. The largest absolute Gasteiger partial charge is 0.480 e. The third-order valence-electron chi connectivity index (χ3n) is 2.68. The van der Waals surface area contributed by atoms with E-state index in [1.165, 1.54) is 0 Å². The monoisotopic (exact) mass is 264 g/mol. The highest BCUT2D eigenvalue weighted by Gasteiger charge is 2.16. The number of likely N-dealkylation sites (N-methyl/N-ethyl adjacent to an activating group) is 1. The number of oxime groups is 1. The van der Waals surface area contributed by atoms with Crippen LogP contribution in [-0.2, 0) is 4.79 Å². The van der Waals surface area contributed by atoms with Gasteiger partial charge in [0.05, 0.1) is 5.71 Å². The Hall–Kier alpha value is -2.04. The number of carbonyl (C=O) groups excluding carboxylic acids is 1. The molecule has 1 aromatic rings. The molecular weight excluding hydrogens is 244 g/mol. The van der Waals surface area contributed by atoms with E-state index in [0.29, 0.717) is 30.0 Å². The molecule has 0 heterocycles. The number of hydrogen-bond acceptors (Lipinski definition) is 4. The van der Waals surface area contributed by atoms with Gasteiger partial charge in [-0.2, -0.15) is 0 Å². The topological polar surface area (TPSA) is 70.9 Å². The molecule has 0 aromatic heterocycles. The molecule has 1 aromatic carbocycles. The van der Waals surface area contributed by atoms with Crippen LogP contribution in [0.15, 0.2) is 29.4 Å². The molecule has 0 fully saturated rings. The maximum Gasteiger partial charge on any atom is 0.260 e. The van der Waals surface area contributed by atoms with Crippen molar-refractivity contribution < 1.29 is 14.7 Å². The average molecular weight is 264 g/mol. The molecule has 1 rings (SSSR count). The highest BCUT2D eigenvalue weighted by atomic mass is 16.5. The Labute approximate surface area is 113 Å². The number of rotatable bonds is 6. The molecule has 0 aliphatic heterocycles. The highest BCUT2D eigenvalue weighted by Crippen LogP contribution is 2.21. The van der Waals surface area contributed by atoms with E-state index in [2.05, 4.69) is 10.5 Å². The Morgan fingerprint density at radius 3 is 2.68 bits per heavy atom. The second kappa shape index (κ2) is 7.41. The van der Waals surface area contributed by atoms with Crippen molar-refractivity contribution in [2.75, 3.05) is 6.54 Å². The zero-order valence-corrected chi connectivity index (χ0v) is 11.5. The van der Waals surface area contributed by atoms with Crippen LogP contribution in [0.3, 0.4) is 0 Å². The molecule has 1 amide bonds. The number of benzene rings is 1. The first kappa shape index (κ1) is 15.0. The fourth-order valence-electron chi connectivity index (χ4n) is 1.68. The number of para-hydroxylation sites is 1.